The van der Waals surface area contributed by atoms with Crippen molar-refractivity contribution in [3.63, 3.8) is 0 Å². The van der Waals surface area contributed by atoms with Gasteiger partial charge in [-0.05, 0) is 55.5 Å². The average molecular weight is 279 g/mol. The summed E-state index contributed by atoms with van der Waals surface area (Å²) in [6.45, 7) is 1.79. The zero-order valence-corrected chi connectivity index (χ0v) is 11.3. The van der Waals surface area contributed by atoms with Crippen molar-refractivity contribution >= 4 is 11.6 Å². The highest BCUT2D eigenvalue weighted by atomic mass is 35.5. The van der Waals surface area contributed by atoms with E-state index < -0.39 is 0 Å². The molecule has 2 aromatic carbocycles. The van der Waals surface area contributed by atoms with Crippen LogP contribution >= 0.6 is 11.6 Å². The average Bonchev–Trinajstić information content (AvgIpc) is 2.43. The van der Waals surface area contributed by atoms with E-state index >= 15 is 0 Å². The van der Waals surface area contributed by atoms with E-state index in [1.807, 2.05) is 12.1 Å². The number of hydrogen-bond acceptors (Lipinski definition) is 3. The van der Waals surface area contributed by atoms with Gasteiger partial charge in [0.2, 0.25) is 0 Å². The fraction of sp³-hybridized carbons (Fsp3) is 0.200. The first kappa shape index (κ1) is 13.7. The van der Waals surface area contributed by atoms with Gasteiger partial charge >= 0.3 is 0 Å². The minimum absolute atomic E-state index is 0.0109. The summed E-state index contributed by atoms with van der Waals surface area (Å²) >= 11 is 5.81. The number of aliphatic hydroxyl groups is 1. The fourth-order valence-corrected chi connectivity index (χ4v) is 1.62. The summed E-state index contributed by atoms with van der Waals surface area (Å²) in [4.78, 5) is 0. The maximum absolute atomic E-state index is 8.91. The largest absolute Gasteiger partial charge is 0.488 e. The lowest BCUT2D eigenvalue weighted by Crippen LogP contribution is -2.15. The highest BCUT2D eigenvalue weighted by Gasteiger charge is 2.02. The molecule has 4 heteroatoms. The molecule has 3 nitrogen and oxygen atoms in total. The van der Waals surface area contributed by atoms with E-state index in [1.54, 1.807) is 43.3 Å². The molecular weight excluding hydrogens is 264 g/mol. The monoisotopic (exact) mass is 278 g/mol. The highest BCUT2D eigenvalue weighted by Crippen LogP contribution is 2.25. The molecule has 0 amide bonds. The number of ether oxygens (including phenoxy) is 2. The molecule has 0 spiro atoms. The Morgan fingerprint density at radius 1 is 0.947 bits per heavy atom. The lowest BCUT2D eigenvalue weighted by molar-refractivity contribution is 0.129. The van der Waals surface area contributed by atoms with Gasteiger partial charge < -0.3 is 14.6 Å². The molecule has 0 radical (unpaired) electrons. The van der Waals surface area contributed by atoms with Crippen LogP contribution in [0.4, 0.5) is 0 Å². The van der Waals surface area contributed by atoms with Crippen molar-refractivity contribution in [2.45, 2.75) is 13.0 Å². The molecule has 1 N–H and O–H groups in total. The second-order valence-corrected chi connectivity index (χ2v) is 4.57. The smallest absolute Gasteiger partial charge is 0.127 e. The molecule has 2 aromatic rings. The van der Waals surface area contributed by atoms with Crippen LogP contribution in [0.1, 0.15) is 6.92 Å². The molecule has 0 aliphatic rings. The Kier molecular flexibility index (Phi) is 4.66. The van der Waals surface area contributed by atoms with E-state index in [4.69, 9.17) is 26.2 Å². The molecule has 100 valence electrons. The van der Waals surface area contributed by atoms with Crippen LogP contribution in [0.2, 0.25) is 5.02 Å². The van der Waals surface area contributed by atoms with Gasteiger partial charge in [-0.15, -0.1) is 0 Å². The standard InChI is InChI=1S/C15H15ClO3/c1-11(10-17)18-13-6-8-15(9-7-13)19-14-4-2-12(16)3-5-14/h2-9,11,17H,10H2,1H3. The Balaban J connectivity index is 2.00. The minimum atomic E-state index is -0.219. The lowest BCUT2D eigenvalue weighted by atomic mass is 10.3. The van der Waals surface area contributed by atoms with Crippen molar-refractivity contribution in [2.24, 2.45) is 0 Å². The van der Waals surface area contributed by atoms with Crippen LogP contribution in [0.5, 0.6) is 17.2 Å². The molecule has 0 aliphatic heterocycles. The number of rotatable bonds is 5. The number of aliphatic hydroxyl groups excluding tert-OH is 1. The summed E-state index contributed by atoms with van der Waals surface area (Å²) in [7, 11) is 0. The van der Waals surface area contributed by atoms with Crippen molar-refractivity contribution in [1.29, 1.82) is 0 Å². The SMILES string of the molecule is CC(CO)Oc1ccc(Oc2ccc(Cl)cc2)cc1. The van der Waals surface area contributed by atoms with Crippen LogP contribution in [0.15, 0.2) is 48.5 Å². The second kappa shape index (κ2) is 6.45. The van der Waals surface area contributed by atoms with Crippen molar-refractivity contribution < 1.29 is 14.6 Å². The van der Waals surface area contributed by atoms with E-state index in [0.29, 0.717) is 16.5 Å². The van der Waals surface area contributed by atoms with Crippen LogP contribution < -0.4 is 9.47 Å². The lowest BCUT2D eigenvalue weighted by Gasteiger charge is -2.12. The van der Waals surface area contributed by atoms with Crippen LogP contribution in [-0.4, -0.2) is 17.8 Å². The third kappa shape index (κ3) is 4.16. The van der Waals surface area contributed by atoms with E-state index in [2.05, 4.69) is 0 Å². The summed E-state index contributed by atoms with van der Waals surface area (Å²) in [5.74, 6) is 2.14. The van der Waals surface area contributed by atoms with Gasteiger partial charge in [0.15, 0.2) is 0 Å². The Hall–Kier alpha value is -1.71. The zero-order valence-electron chi connectivity index (χ0n) is 10.5. The molecule has 0 bridgehead atoms. The first-order valence-corrected chi connectivity index (χ1v) is 6.36. The molecule has 0 heterocycles. The molecule has 0 saturated carbocycles. The third-order valence-corrected chi connectivity index (χ3v) is 2.72. The number of halogens is 1. The maximum Gasteiger partial charge on any atom is 0.127 e. The molecule has 1 unspecified atom stereocenters. The molecule has 1 atom stereocenters. The molecular formula is C15H15ClO3. The predicted octanol–water partition coefficient (Wildman–Crippen LogP) is 3.89. The van der Waals surface area contributed by atoms with E-state index in [9.17, 15) is 0 Å². The van der Waals surface area contributed by atoms with E-state index in [0.717, 1.165) is 5.75 Å². The summed E-state index contributed by atoms with van der Waals surface area (Å²) in [6.07, 6.45) is -0.219. The van der Waals surface area contributed by atoms with E-state index in [-0.39, 0.29) is 12.7 Å². The van der Waals surface area contributed by atoms with Gasteiger partial charge in [-0.1, -0.05) is 11.6 Å². The van der Waals surface area contributed by atoms with Crippen LogP contribution in [0.3, 0.4) is 0 Å². The van der Waals surface area contributed by atoms with Gasteiger partial charge in [-0.25, -0.2) is 0 Å². The molecule has 0 saturated heterocycles. The van der Waals surface area contributed by atoms with Gasteiger partial charge in [-0.3, -0.25) is 0 Å². The Bertz CT molecular complexity index is 508. The quantitative estimate of drug-likeness (QED) is 0.902. The summed E-state index contributed by atoms with van der Waals surface area (Å²) < 4.78 is 11.1. The first-order chi connectivity index (χ1) is 9.17. The van der Waals surface area contributed by atoms with Crippen LogP contribution in [0.25, 0.3) is 0 Å². The Morgan fingerprint density at radius 2 is 1.42 bits per heavy atom. The topological polar surface area (TPSA) is 38.7 Å². The summed E-state index contributed by atoms with van der Waals surface area (Å²) in [6, 6.07) is 14.4. The van der Waals surface area contributed by atoms with Gasteiger partial charge in [0.1, 0.15) is 23.4 Å². The van der Waals surface area contributed by atoms with Gasteiger partial charge in [-0.2, -0.15) is 0 Å². The Labute approximate surface area is 117 Å². The Morgan fingerprint density at radius 3 is 1.95 bits per heavy atom. The molecule has 2 rings (SSSR count). The maximum atomic E-state index is 8.91. The third-order valence-electron chi connectivity index (χ3n) is 2.47. The minimum Gasteiger partial charge on any atom is -0.488 e. The number of hydrogen-bond donors (Lipinski definition) is 1. The van der Waals surface area contributed by atoms with Gasteiger partial charge in [0.05, 0.1) is 6.61 Å². The van der Waals surface area contributed by atoms with Gasteiger partial charge in [0, 0.05) is 5.02 Å². The fourth-order valence-electron chi connectivity index (χ4n) is 1.49. The van der Waals surface area contributed by atoms with Crippen LogP contribution in [-0.2, 0) is 0 Å². The molecule has 0 fully saturated rings. The van der Waals surface area contributed by atoms with Crippen molar-refractivity contribution in [1.82, 2.24) is 0 Å². The number of benzene rings is 2. The first-order valence-electron chi connectivity index (χ1n) is 5.98. The molecule has 19 heavy (non-hydrogen) atoms. The summed E-state index contributed by atoms with van der Waals surface area (Å²) in [5.41, 5.74) is 0. The normalized spacial score (nSPS) is 11.9. The predicted molar refractivity (Wildman–Crippen MR) is 75.1 cm³/mol. The van der Waals surface area contributed by atoms with Gasteiger partial charge in [0.25, 0.3) is 0 Å². The molecule has 0 aliphatic carbocycles. The van der Waals surface area contributed by atoms with Crippen molar-refractivity contribution in [3.8, 4) is 17.2 Å². The zero-order chi connectivity index (χ0) is 13.7. The van der Waals surface area contributed by atoms with Crippen molar-refractivity contribution in [2.75, 3.05) is 6.61 Å². The van der Waals surface area contributed by atoms with Crippen LogP contribution in [0, 0.1) is 0 Å². The van der Waals surface area contributed by atoms with Crippen molar-refractivity contribution in [3.05, 3.63) is 53.6 Å². The van der Waals surface area contributed by atoms with E-state index in [1.165, 1.54) is 0 Å². The highest BCUT2D eigenvalue weighted by molar-refractivity contribution is 6.30. The molecule has 0 aromatic heterocycles. The summed E-state index contributed by atoms with van der Waals surface area (Å²) in [5, 5.41) is 9.58. The second-order valence-electron chi connectivity index (χ2n) is 4.14.